The number of sulfone groups is 1. The SMILES string of the molecule is CN(CCS(C)(=O)=O)c1cnccc1C(N)=S. The zero-order valence-corrected chi connectivity index (χ0v) is 11.4. The molecule has 1 rings (SSSR count). The maximum absolute atomic E-state index is 11.1. The van der Waals surface area contributed by atoms with Crippen LogP contribution < -0.4 is 10.6 Å². The maximum atomic E-state index is 11.1. The summed E-state index contributed by atoms with van der Waals surface area (Å²) in [6, 6.07) is 1.72. The van der Waals surface area contributed by atoms with Gasteiger partial charge >= 0.3 is 0 Å². The molecule has 5 nitrogen and oxygen atoms in total. The van der Waals surface area contributed by atoms with Crippen molar-refractivity contribution in [3.05, 3.63) is 24.0 Å². The smallest absolute Gasteiger partial charge is 0.149 e. The van der Waals surface area contributed by atoms with E-state index in [9.17, 15) is 8.42 Å². The molecule has 1 aromatic heterocycles. The van der Waals surface area contributed by atoms with Crippen LogP contribution in [0.1, 0.15) is 5.56 Å². The summed E-state index contributed by atoms with van der Waals surface area (Å²) in [5.74, 6) is 0.0785. The molecule has 0 aliphatic rings. The number of rotatable bonds is 5. The number of anilines is 1. The first-order chi connectivity index (χ1) is 7.81. The molecule has 0 spiro atoms. The Hall–Kier alpha value is -1.21. The molecule has 0 unspecified atom stereocenters. The molecule has 7 heteroatoms. The fourth-order valence-electron chi connectivity index (χ4n) is 1.32. The van der Waals surface area contributed by atoms with E-state index in [1.807, 2.05) is 0 Å². The van der Waals surface area contributed by atoms with Crippen LogP contribution in [0.3, 0.4) is 0 Å². The monoisotopic (exact) mass is 273 g/mol. The molecular formula is C10H15N3O2S2. The molecule has 0 aliphatic heterocycles. The van der Waals surface area contributed by atoms with Crippen molar-refractivity contribution in [3.8, 4) is 0 Å². The van der Waals surface area contributed by atoms with E-state index in [1.165, 1.54) is 6.26 Å². The molecule has 94 valence electrons. The Balaban J connectivity index is 2.89. The van der Waals surface area contributed by atoms with Crippen LogP contribution in [0.2, 0.25) is 0 Å². The van der Waals surface area contributed by atoms with Gasteiger partial charge in [-0.25, -0.2) is 8.42 Å². The number of hydrogen-bond acceptors (Lipinski definition) is 5. The van der Waals surface area contributed by atoms with Crippen LogP contribution >= 0.6 is 12.2 Å². The summed E-state index contributed by atoms with van der Waals surface area (Å²) in [4.78, 5) is 6.04. The Labute approximate surface area is 107 Å². The van der Waals surface area contributed by atoms with Gasteiger partial charge in [0.05, 0.1) is 17.6 Å². The first kappa shape index (κ1) is 13.9. The van der Waals surface area contributed by atoms with E-state index in [0.29, 0.717) is 12.1 Å². The molecule has 0 bridgehead atoms. The lowest BCUT2D eigenvalue weighted by Gasteiger charge is -2.20. The molecule has 0 atom stereocenters. The second-order valence-corrected chi connectivity index (χ2v) is 6.51. The van der Waals surface area contributed by atoms with Gasteiger partial charge in [-0.2, -0.15) is 0 Å². The van der Waals surface area contributed by atoms with E-state index in [0.717, 1.165) is 5.69 Å². The van der Waals surface area contributed by atoms with Crippen LogP contribution in [0.4, 0.5) is 5.69 Å². The van der Waals surface area contributed by atoms with Gasteiger partial charge < -0.3 is 10.6 Å². The van der Waals surface area contributed by atoms with Crippen LogP contribution in [0.5, 0.6) is 0 Å². The standard InChI is InChI=1S/C10H15N3O2S2/c1-13(5-6-17(2,14)15)9-7-12-4-3-8(9)10(11)16/h3-4,7H,5-6H2,1-2H3,(H2,11,16). The topological polar surface area (TPSA) is 76.3 Å². The Morgan fingerprint density at radius 2 is 2.24 bits per heavy atom. The fourth-order valence-corrected chi connectivity index (χ4v) is 2.10. The van der Waals surface area contributed by atoms with Crippen LogP contribution in [0.15, 0.2) is 18.5 Å². The number of hydrogen-bond donors (Lipinski definition) is 1. The number of pyridine rings is 1. The zero-order valence-electron chi connectivity index (χ0n) is 9.75. The van der Waals surface area contributed by atoms with E-state index in [-0.39, 0.29) is 10.7 Å². The van der Waals surface area contributed by atoms with Crippen molar-refractivity contribution >= 4 is 32.7 Å². The molecule has 0 saturated carbocycles. The van der Waals surface area contributed by atoms with Gasteiger partial charge in [-0.05, 0) is 6.07 Å². The fraction of sp³-hybridized carbons (Fsp3) is 0.400. The van der Waals surface area contributed by atoms with E-state index in [2.05, 4.69) is 4.98 Å². The van der Waals surface area contributed by atoms with Crippen molar-refractivity contribution in [1.82, 2.24) is 4.98 Å². The summed E-state index contributed by atoms with van der Waals surface area (Å²) in [6.45, 7) is 0.375. The lowest BCUT2D eigenvalue weighted by atomic mass is 10.2. The number of aromatic nitrogens is 1. The second kappa shape index (κ2) is 5.42. The average Bonchev–Trinajstić information content (AvgIpc) is 2.25. The first-order valence-corrected chi connectivity index (χ1v) is 7.41. The zero-order chi connectivity index (χ0) is 13.1. The van der Waals surface area contributed by atoms with Gasteiger partial charge in [0.15, 0.2) is 0 Å². The van der Waals surface area contributed by atoms with E-state index < -0.39 is 9.84 Å². The summed E-state index contributed by atoms with van der Waals surface area (Å²) < 4.78 is 22.2. The van der Waals surface area contributed by atoms with Crippen LogP contribution in [0, 0.1) is 0 Å². The van der Waals surface area contributed by atoms with Crippen LogP contribution in [0.25, 0.3) is 0 Å². The molecule has 0 amide bonds. The van der Waals surface area contributed by atoms with Crippen molar-refractivity contribution in [2.75, 3.05) is 30.5 Å². The summed E-state index contributed by atoms with van der Waals surface area (Å²) in [7, 11) is -1.20. The predicted molar refractivity (Wildman–Crippen MR) is 73.1 cm³/mol. The molecule has 0 saturated heterocycles. The van der Waals surface area contributed by atoms with Crippen LogP contribution in [-0.4, -0.2) is 44.0 Å². The van der Waals surface area contributed by atoms with Crippen molar-refractivity contribution in [2.24, 2.45) is 5.73 Å². The van der Waals surface area contributed by atoms with Crippen molar-refractivity contribution in [2.45, 2.75) is 0 Å². The Bertz CT molecular complexity index is 514. The molecule has 1 heterocycles. The number of thiocarbonyl (C=S) groups is 1. The third-order valence-corrected chi connectivity index (χ3v) is 3.42. The lowest BCUT2D eigenvalue weighted by molar-refractivity contribution is 0.601. The van der Waals surface area contributed by atoms with Gasteiger partial charge in [0, 0.05) is 31.6 Å². The van der Waals surface area contributed by atoms with Gasteiger partial charge in [-0.3, -0.25) is 4.98 Å². The Morgan fingerprint density at radius 1 is 1.59 bits per heavy atom. The van der Waals surface area contributed by atoms with Crippen molar-refractivity contribution < 1.29 is 8.42 Å². The van der Waals surface area contributed by atoms with Gasteiger partial charge in [-0.15, -0.1) is 0 Å². The number of nitrogens with zero attached hydrogens (tertiary/aromatic N) is 2. The molecular weight excluding hydrogens is 258 g/mol. The average molecular weight is 273 g/mol. The van der Waals surface area contributed by atoms with Crippen molar-refractivity contribution in [3.63, 3.8) is 0 Å². The molecule has 0 radical (unpaired) electrons. The minimum Gasteiger partial charge on any atom is -0.389 e. The van der Waals surface area contributed by atoms with Crippen LogP contribution in [-0.2, 0) is 9.84 Å². The van der Waals surface area contributed by atoms with E-state index in [4.69, 9.17) is 18.0 Å². The third kappa shape index (κ3) is 4.27. The minimum atomic E-state index is -2.99. The van der Waals surface area contributed by atoms with E-state index >= 15 is 0 Å². The molecule has 1 aromatic rings. The normalized spacial score (nSPS) is 11.2. The van der Waals surface area contributed by atoms with Crippen molar-refractivity contribution in [1.29, 1.82) is 0 Å². The quantitative estimate of drug-likeness (QED) is 0.772. The number of nitrogens with two attached hydrogens (primary N) is 1. The second-order valence-electron chi connectivity index (χ2n) is 3.81. The van der Waals surface area contributed by atoms with Gasteiger partial charge in [0.25, 0.3) is 0 Å². The van der Waals surface area contributed by atoms with E-state index in [1.54, 1.807) is 30.4 Å². The highest BCUT2D eigenvalue weighted by atomic mass is 32.2. The lowest BCUT2D eigenvalue weighted by Crippen LogP contribution is -2.27. The highest BCUT2D eigenvalue weighted by molar-refractivity contribution is 7.90. The van der Waals surface area contributed by atoms with Gasteiger partial charge in [0.1, 0.15) is 14.8 Å². The molecule has 2 N–H and O–H groups in total. The highest BCUT2D eigenvalue weighted by Gasteiger charge is 2.11. The summed E-state index contributed by atoms with van der Waals surface area (Å²) in [5, 5.41) is 0. The molecule has 0 fully saturated rings. The highest BCUT2D eigenvalue weighted by Crippen LogP contribution is 2.17. The molecule has 17 heavy (non-hydrogen) atoms. The van der Waals surface area contributed by atoms with Gasteiger partial charge in [-0.1, -0.05) is 12.2 Å². The summed E-state index contributed by atoms with van der Waals surface area (Å²) >= 11 is 4.93. The molecule has 0 aromatic carbocycles. The Kier molecular flexibility index (Phi) is 4.41. The first-order valence-electron chi connectivity index (χ1n) is 4.94. The maximum Gasteiger partial charge on any atom is 0.149 e. The summed E-state index contributed by atoms with van der Waals surface area (Å²) in [6.07, 6.45) is 4.43. The molecule has 0 aliphatic carbocycles. The summed E-state index contributed by atoms with van der Waals surface area (Å²) in [5.41, 5.74) is 7.03. The Morgan fingerprint density at radius 3 is 2.76 bits per heavy atom. The largest absolute Gasteiger partial charge is 0.389 e. The van der Waals surface area contributed by atoms with Gasteiger partial charge in [0.2, 0.25) is 0 Å². The third-order valence-electron chi connectivity index (χ3n) is 2.27. The minimum absolute atomic E-state index is 0.0785. The predicted octanol–water partition coefficient (Wildman–Crippen LogP) is 0.197.